The molecule has 0 spiro atoms. The van der Waals surface area contributed by atoms with Crippen molar-refractivity contribution in [3.63, 3.8) is 0 Å². The first-order chi connectivity index (χ1) is 21.0. The summed E-state index contributed by atoms with van der Waals surface area (Å²) < 4.78 is 29.0. The fourth-order valence-corrected chi connectivity index (χ4v) is 6.10. The van der Waals surface area contributed by atoms with Crippen LogP contribution in [0.15, 0.2) is 53.1 Å². The average molecular weight is 585 g/mol. The third kappa shape index (κ3) is 5.58. The molecule has 0 radical (unpaired) electrons. The first-order valence-electron chi connectivity index (χ1n) is 14.7. The van der Waals surface area contributed by atoms with E-state index >= 15 is 0 Å². The summed E-state index contributed by atoms with van der Waals surface area (Å²) >= 11 is 0. The molecule has 1 N–H and O–H groups in total. The second kappa shape index (κ2) is 12.5. The Morgan fingerprint density at radius 3 is 2.81 bits per heavy atom. The number of hydrogen-bond donors (Lipinski definition) is 1. The van der Waals surface area contributed by atoms with E-state index in [0.717, 1.165) is 34.4 Å². The number of benzene rings is 2. The topological polar surface area (TPSA) is 103 Å². The molecule has 2 aromatic carbocycles. The lowest BCUT2D eigenvalue weighted by molar-refractivity contribution is 0.0237. The SMILES string of the molecule is CCOC(=O)c1c(C)oc2c3c(c(O)c(C(c4ccnc(OCc5cccc(OC)c5)c4)N4CCOCC4)c12)C=CCC3. The number of furan rings is 1. The summed E-state index contributed by atoms with van der Waals surface area (Å²) in [7, 11) is 1.63. The lowest BCUT2D eigenvalue weighted by Crippen LogP contribution is -2.39. The summed E-state index contributed by atoms with van der Waals surface area (Å²) in [6.07, 6.45) is 7.24. The maximum Gasteiger partial charge on any atom is 0.342 e. The van der Waals surface area contributed by atoms with Crippen molar-refractivity contribution in [3.05, 3.63) is 87.8 Å². The molecular weight excluding hydrogens is 548 g/mol. The van der Waals surface area contributed by atoms with Gasteiger partial charge in [0.2, 0.25) is 5.88 Å². The van der Waals surface area contributed by atoms with Gasteiger partial charge in [-0.15, -0.1) is 0 Å². The number of morpholine rings is 1. The maximum atomic E-state index is 13.4. The second-order valence-electron chi connectivity index (χ2n) is 10.7. The Labute approximate surface area is 250 Å². The van der Waals surface area contributed by atoms with Gasteiger partial charge in [0.1, 0.15) is 35.0 Å². The molecule has 9 nitrogen and oxygen atoms in total. The van der Waals surface area contributed by atoms with Crippen molar-refractivity contribution in [1.82, 2.24) is 9.88 Å². The van der Waals surface area contributed by atoms with Crippen molar-refractivity contribution in [2.45, 2.75) is 39.3 Å². The van der Waals surface area contributed by atoms with Gasteiger partial charge in [0.25, 0.3) is 0 Å². The van der Waals surface area contributed by atoms with Crippen molar-refractivity contribution < 1.29 is 33.3 Å². The van der Waals surface area contributed by atoms with Gasteiger partial charge < -0.3 is 28.5 Å². The van der Waals surface area contributed by atoms with Crippen molar-refractivity contribution in [1.29, 1.82) is 0 Å². The van der Waals surface area contributed by atoms with Crippen LogP contribution in [-0.4, -0.2) is 61.0 Å². The normalized spacial score (nSPS) is 15.7. The molecule has 0 amide bonds. The first-order valence-corrected chi connectivity index (χ1v) is 14.7. The molecule has 0 bridgehead atoms. The highest BCUT2D eigenvalue weighted by Crippen LogP contribution is 2.48. The third-order valence-electron chi connectivity index (χ3n) is 8.07. The van der Waals surface area contributed by atoms with Crippen LogP contribution < -0.4 is 9.47 Å². The average Bonchev–Trinajstić information content (AvgIpc) is 3.39. The Morgan fingerprint density at radius 1 is 1.19 bits per heavy atom. The maximum absolute atomic E-state index is 13.4. The van der Waals surface area contributed by atoms with Crippen LogP contribution in [0.5, 0.6) is 17.4 Å². The van der Waals surface area contributed by atoms with Crippen LogP contribution >= 0.6 is 0 Å². The molecule has 224 valence electrons. The summed E-state index contributed by atoms with van der Waals surface area (Å²) in [5.74, 6) is 1.33. The van der Waals surface area contributed by atoms with Gasteiger partial charge in [-0.05, 0) is 56.0 Å². The number of fused-ring (bicyclic) bond motifs is 3. The number of phenolic OH excluding ortho intramolecular Hbond substituents is 1. The second-order valence-corrected chi connectivity index (χ2v) is 10.7. The zero-order valence-corrected chi connectivity index (χ0v) is 24.7. The molecule has 0 saturated carbocycles. The van der Waals surface area contributed by atoms with E-state index in [1.807, 2.05) is 42.5 Å². The number of carbonyl (C=O) groups is 1. The summed E-state index contributed by atoms with van der Waals surface area (Å²) in [4.78, 5) is 20.1. The van der Waals surface area contributed by atoms with Crippen LogP contribution in [0.25, 0.3) is 17.0 Å². The largest absolute Gasteiger partial charge is 0.507 e. The smallest absolute Gasteiger partial charge is 0.342 e. The van der Waals surface area contributed by atoms with Crippen molar-refractivity contribution in [2.75, 3.05) is 40.0 Å². The van der Waals surface area contributed by atoms with E-state index in [-0.39, 0.29) is 12.4 Å². The molecule has 1 aliphatic carbocycles. The molecule has 4 aromatic rings. The molecule has 1 unspecified atom stereocenters. The molecular formula is C34H36N2O7. The summed E-state index contributed by atoms with van der Waals surface area (Å²) in [6, 6.07) is 11.1. The number of esters is 1. The van der Waals surface area contributed by atoms with E-state index in [2.05, 4.69) is 16.0 Å². The van der Waals surface area contributed by atoms with Crippen LogP contribution in [0.1, 0.15) is 63.3 Å². The minimum Gasteiger partial charge on any atom is -0.507 e. The van der Waals surface area contributed by atoms with Gasteiger partial charge in [-0.3, -0.25) is 4.90 Å². The Kier molecular flexibility index (Phi) is 8.35. The number of aromatic nitrogens is 1. The van der Waals surface area contributed by atoms with Gasteiger partial charge in [0.05, 0.1) is 33.0 Å². The van der Waals surface area contributed by atoms with Crippen LogP contribution in [0.4, 0.5) is 0 Å². The Balaban J connectivity index is 1.51. The quantitative estimate of drug-likeness (QED) is 0.238. The molecule has 2 aliphatic rings. The first kappa shape index (κ1) is 28.8. The number of carbonyl (C=O) groups excluding carboxylic acids is 1. The van der Waals surface area contributed by atoms with Gasteiger partial charge in [0.15, 0.2) is 0 Å². The molecule has 1 aliphatic heterocycles. The van der Waals surface area contributed by atoms with Gasteiger partial charge in [-0.2, -0.15) is 0 Å². The highest BCUT2D eigenvalue weighted by molar-refractivity contribution is 6.08. The molecule has 3 heterocycles. The van der Waals surface area contributed by atoms with E-state index in [1.54, 1.807) is 27.2 Å². The molecule has 6 rings (SSSR count). The minimum absolute atomic E-state index is 0.136. The van der Waals surface area contributed by atoms with Gasteiger partial charge in [-0.25, -0.2) is 9.78 Å². The predicted octanol–water partition coefficient (Wildman–Crippen LogP) is 5.99. The summed E-state index contributed by atoms with van der Waals surface area (Å²) in [6.45, 7) is 6.45. The summed E-state index contributed by atoms with van der Waals surface area (Å²) in [5, 5.41) is 12.6. The number of aromatic hydroxyl groups is 1. The van der Waals surface area contributed by atoms with Gasteiger partial charge in [-0.1, -0.05) is 24.3 Å². The Morgan fingerprint density at radius 2 is 2.02 bits per heavy atom. The number of nitrogens with zero attached hydrogens (tertiary/aromatic N) is 2. The number of rotatable bonds is 9. The monoisotopic (exact) mass is 584 g/mol. The fourth-order valence-electron chi connectivity index (χ4n) is 6.10. The van der Waals surface area contributed by atoms with Crippen molar-refractivity contribution in [3.8, 4) is 17.4 Å². The zero-order valence-electron chi connectivity index (χ0n) is 24.7. The molecule has 1 atom stereocenters. The van der Waals surface area contributed by atoms with Gasteiger partial charge >= 0.3 is 5.97 Å². The number of aryl methyl sites for hydroxylation is 2. The fraction of sp³-hybridized carbons (Fsp3) is 0.353. The molecule has 43 heavy (non-hydrogen) atoms. The highest BCUT2D eigenvalue weighted by atomic mass is 16.5. The molecule has 1 saturated heterocycles. The highest BCUT2D eigenvalue weighted by Gasteiger charge is 2.36. The molecule has 1 fully saturated rings. The lowest BCUT2D eigenvalue weighted by atomic mass is 9.85. The molecule has 2 aromatic heterocycles. The van der Waals surface area contributed by atoms with Crippen LogP contribution in [0.2, 0.25) is 0 Å². The van der Waals surface area contributed by atoms with Crippen LogP contribution in [-0.2, 0) is 22.5 Å². The molecule has 9 heteroatoms. The van der Waals surface area contributed by atoms with Gasteiger partial charge in [0, 0.05) is 47.4 Å². The third-order valence-corrected chi connectivity index (χ3v) is 8.07. The number of phenols is 1. The Bertz CT molecular complexity index is 1670. The van der Waals surface area contributed by atoms with E-state index in [0.29, 0.717) is 73.1 Å². The standard InChI is InChI=1S/C34H36N2O7/c1-4-41-34(38)28-21(2)43-33-26-11-6-5-10-25(26)32(37)30(29(28)33)31(36-14-16-40-17-15-36)23-12-13-35-27(19-23)42-20-22-8-7-9-24(18-22)39-3/h5,7-10,12-13,18-19,31,37H,4,6,11,14-17,20H2,1-3H3. The van der Waals surface area contributed by atoms with Crippen LogP contribution in [0, 0.1) is 6.92 Å². The number of ether oxygens (including phenoxy) is 4. The lowest BCUT2D eigenvalue weighted by Gasteiger charge is -2.36. The Hall–Kier alpha value is -4.34. The van der Waals surface area contributed by atoms with Crippen molar-refractivity contribution in [2.24, 2.45) is 0 Å². The number of methoxy groups -OCH3 is 1. The minimum atomic E-state index is -0.469. The van der Waals surface area contributed by atoms with Crippen molar-refractivity contribution >= 4 is 23.0 Å². The van der Waals surface area contributed by atoms with Crippen LogP contribution in [0.3, 0.4) is 0 Å². The predicted molar refractivity (Wildman–Crippen MR) is 162 cm³/mol. The van der Waals surface area contributed by atoms with E-state index in [9.17, 15) is 9.90 Å². The number of pyridine rings is 1. The number of hydrogen-bond acceptors (Lipinski definition) is 9. The van der Waals surface area contributed by atoms with E-state index in [1.165, 1.54) is 0 Å². The zero-order chi connectivity index (χ0) is 29.9. The number of allylic oxidation sites excluding steroid dienone is 1. The van der Waals surface area contributed by atoms with E-state index in [4.69, 9.17) is 23.4 Å². The summed E-state index contributed by atoms with van der Waals surface area (Å²) in [5.41, 5.74) is 5.00. The van der Waals surface area contributed by atoms with E-state index < -0.39 is 12.0 Å².